The van der Waals surface area contributed by atoms with Gasteiger partial charge in [0.25, 0.3) is 0 Å². The van der Waals surface area contributed by atoms with Crippen LogP contribution in [0.5, 0.6) is 0 Å². The number of benzene rings is 1. The van der Waals surface area contributed by atoms with Crippen molar-refractivity contribution in [2.75, 3.05) is 32.0 Å². The lowest BCUT2D eigenvalue weighted by molar-refractivity contribution is 0.245. The van der Waals surface area contributed by atoms with Crippen molar-refractivity contribution in [2.45, 2.75) is 38.5 Å². The van der Waals surface area contributed by atoms with E-state index in [1.807, 2.05) is 6.92 Å². The molecule has 1 atom stereocenters. The fraction of sp³-hybridized carbons (Fsp3) is 0.632. The predicted octanol–water partition coefficient (Wildman–Crippen LogP) is 2.68. The number of halogens is 1. The zero-order valence-corrected chi connectivity index (χ0v) is 19.7. The molecule has 0 radical (unpaired) electrons. The molecule has 1 aromatic rings. The molecule has 0 aliphatic rings. The molecule has 27 heavy (non-hydrogen) atoms. The van der Waals surface area contributed by atoms with E-state index in [-0.39, 0.29) is 42.9 Å². The number of aliphatic hydroxyl groups is 1. The molecule has 156 valence electrons. The maximum atomic E-state index is 12.3. The first-order valence-corrected chi connectivity index (χ1v) is 10.9. The first-order chi connectivity index (χ1) is 12.4. The second-order valence-electron chi connectivity index (χ2n) is 6.79. The Morgan fingerprint density at radius 2 is 1.85 bits per heavy atom. The predicted molar refractivity (Wildman–Crippen MR) is 123 cm³/mol. The standard InChI is InChI=1S/C19H33N3O3S.HI/c1-4-20-19(22-15-17(10-12-23)14-16(2)3)21-11-13-26(24,25)18-8-6-5-7-9-18;/h5-9,16-17,23H,4,10-15H2,1-3H3,(H2,20,21,22);1H. The van der Waals surface area contributed by atoms with Gasteiger partial charge in [-0.15, -0.1) is 24.0 Å². The van der Waals surface area contributed by atoms with Gasteiger partial charge in [-0.25, -0.2) is 8.42 Å². The van der Waals surface area contributed by atoms with Gasteiger partial charge in [0.15, 0.2) is 15.8 Å². The van der Waals surface area contributed by atoms with E-state index < -0.39 is 9.84 Å². The topological polar surface area (TPSA) is 90.8 Å². The van der Waals surface area contributed by atoms with E-state index in [2.05, 4.69) is 29.5 Å². The Kier molecular flexibility index (Phi) is 13.7. The molecule has 6 nitrogen and oxygen atoms in total. The molecule has 1 rings (SSSR count). The Hall–Kier alpha value is -0.870. The molecule has 0 fully saturated rings. The summed E-state index contributed by atoms with van der Waals surface area (Å²) in [5.41, 5.74) is 0. The summed E-state index contributed by atoms with van der Waals surface area (Å²) in [4.78, 5) is 4.90. The lowest BCUT2D eigenvalue weighted by Gasteiger charge is -2.17. The summed E-state index contributed by atoms with van der Waals surface area (Å²) >= 11 is 0. The number of hydrogen-bond acceptors (Lipinski definition) is 4. The van der Waals surface area contributed by atoms with Gasteiger partial charge >= 0.3 is 0 Å². The number of nitrogens with zero attached hydrogens (tertiary/aromatic N) is 1. The number of rotatable bonds is 11. The minimum Gasteiger partial charge on any atom is -0.396 e. The second-order valence-corrected chi connectivity index (χ2v) is 8.90. The molecule has 0 aliphatic carbocycles. The third kappa shape index (κ3) is 10.9. The average molecular weight is 511 g/mol. The third-order valence-electron chi connectivity index (χ3n) is 3.96. The van der Waals surface area contributed by atoms with Crippen molar-refractivity contribution in [2.24, 2.45) is 16.8 Å². The van der Waals surface area contributed by atoms with Crippen molar-refractivity contribution >= 4 is 39.8 Å². The van der Waals surface area contributed by atoms with Crippen LogP contribution in [0.15, 0.2) is 40.2 Å². The van der Waals surface area contributed by atoms with Gasteiger partial charge in [-0.3, -0.25) is 4.99 Å². The molecule has 1 aromatic carbocycles. The van der Waals surface area contributed by atoms with E-state index >= 15 is 0 Å². The first kappa shape index (κ1) is 26.1. The van der Waals surface area contributed by atoms with Crippen LogP contribution in [0.1, 0.15) is 33.6 Å². The van der Waals surface area contributed by atoms with Gasteiger partial charge in [0, 0.05) is 26.2 Å². The number of guanidine groups is 1. The van der Waals surface area contributed by atoms with Crippen molar-refractivity contribution < 1.29 is 13.5 Å². The first-order valence-electron chi connectivity index (χ1n) is 9.29. The summed E-state index contributed by atoms with van der Waals surface area (Å²) in [6, 6.07) is 8.47. The zero-order valence-electron chi connectivity index (χ0n) is 16.5. The van der Waals surface area contributed by atoms with Gasteiger partial charge < -0.3 is 15.7 Å². The van der Waals surface area contributed by atoms with Gasteiger partial charge in [-0.05, 0) is 43.7 Å². The highest BCUT2D eigenvalue weighted by atomic mass is 127. The summed E-state index contributed by atoms with van der Waals surface area (Å²) in [6.45, 7) is 8.05. The summed E-state index contributed by atoms with van der Waals surface area (Å²) < 4.78 is 24.6. The van der Waals surface area contributed by atoms with Gasteiger partial charge in [0.1, 0.15) is 0 Å². The number of sulfone groups is 1. The number of aliphatic imine (C=N–C) groups is 1. The zero-order chi connectivity index (χ0) is 19.4. The molecule has 3 N–H and O–H groups in total. The molecule has 0 bridgehead atoms. The maximum absolute atomic E-state index is 12.3. The quantitative estimate of drug-likeness (QED) is 0.242. The van der Waals surface area contributed by atoms with Gasteiger partial charge in [0.2, 0.25) is 0 Å². The van der Waals surface area contributed by atoms with Crippen LogP contribution in [0.25, 0.3) is 0 Å². The number of nitrogens with one attached hydrogen (secondary N) is 2. The Bertz CT molecular complexity index is 637. The van der Waals surface area contributed by atoms with Crippen LogP contribution in [-0.4, -0.2) is 51.5 Å². The summed E-state index contributed by atoms with van der Waals surface area (Å²) in [5, 5.41) is 15.4. The Morgan fingerprint density at radius 3 is 2.41 bits per heavy atom. The Labute approximate surface area is 181 Å². The Balaban J connectivity index is 0.00000676. The average Bonchev–Trinajstić information content (AvgIpc) is 2.60. The minimum atomic E-state index is -3.31. The molecule has 0 amide bonds. The molecule has 8 heteroatoms. The van der Waals surface area contributed by atoms with E-state index in [4.69, 9.17) is 0 Å². The monoisotopic (exact) mass is 511 g/mol. The highest BCUT2D eigenvalue weighted by Gasteiger charge is 2.14. The SMILES string of the molecule is CCNC(=NCC(CCO)CC(C)C)NCCS(=O)(=O)c1ccccc1.I. The molecule has 0 aromatic heterocycles. The van der Waals surface area contributed by atoms with Crippen LogP contribution in [0.4, 0.5) is 0 Å². The lowest BCUT2D eigenvalue weighted by atomic mass is 9.94. The molecule has 0 saturated carbocycles. The van der Waals surface area contributed by atoms with Gasteiger partial charge in [-0.2, -0.15) is 0 Å². The minimum absolute atomic E-state index is 0. The van der Waals surface area contributed by atoms with Gasteiger partial charge in [0.05, 0.1) is 10.6 Å². The van der Waals surface area contributed by atoms with Crippen molar-refractivity contribution in [1.29, 1.82) is 0 Å². The molecule has 0 aliphatic heterocycles. The smallest absolute Gasteiger partial charge is 0.191 e. The Morgan fingerprint density at radius 1 is 1.19 bits per heavy atom. The number of aliphatic hydroxyl groups excluding tert-OH is 1. The van der Waals surface area contributed by atoms with Crippen molar-refractivity contribution in [3.05, 3.63) is 30.3 Å². The normalized spacial score (nSPS) is 13.1. The largest absolute Gasteiger partial charge is 0.396 e. The van der Waals surface area contributed by atoms with E-state index in [0.29, 0.717) is 35.8 Å². The highest BCUT2D eigenvalue weighted by Crippen LogP contribution is 2.15. The van der Waals surface area contributed by atoms with Crippen LogP contribution >= 0.6 is 24.0 Å². The van der Waals surface area contributed by atoms with Crippen molar-refractivity contribution in [1.82, 2.24) is 10.6 Å². The van der Waals surface area contributed by atoms with E-state index in [0.717, 1.165) is 12.8 Å². The second kappa shape index (κ2) is 14.2. The summed E-state index contributed by atoms with van der Waals surface area (Å²) in [7, 11) is -3.31. The molecular formula is C19H34IN3O3S. The van der Waals surface area contributed by atoms with Crippen LogP contribution < -0.4 is 10.6 Å². The molecule has 0 spiro atoms. The van der Waals surface area contributed by atoms with E-state index in [9.17, 15) is 13.5 Å². The summed E-state index contributed by atoms with van der Waals surface area (Å²) in [6.07, 6.45) is 1.73. The van der Waals surface area contributed by atoms with Crippen LogP contribution in [0.3, 0.4) is 0 Å². The number of hydrogen-bond donors (Lipinski definition) is 3. The highest BCUT2D eigenvalue weighted by molar-refractivity contribution is 14.0. The molecule has 0 heterocycles. The van der Waals surface area contributed by atoms with Gasteiger partial charge in [-0.1, -0.05) is 32.0 Å². The molecule has 1 unspecified atom stereocenters. The third-order valence-corrected chi connectivity index (χ3v) is 5.69. The molecule has 0 saturated heterocycles. The molecular weight excluding hydrogens is 477 g/mol. The maximum Gasteiger partial charge on any atom is 0.191 e. The van der Waals surface area contributed by atoms with Crippen molar-refractivity contribution in [3.63, 3.8) is 0 Å². The van der Waals surface area contributed by atoms with Crippen LogP contribution in [0, 0.1) is 11.8 Å². The summed E-state index contributed by atoms with van der Waals surface area (Å²) in [5.74, 6) is 1.49. The van der Waals surface area contributed by atoms with Crippen LogP contribution in [0.2, 0.25) is 0 Å². The van der Waals surface area contributed by atoms with E-state index in [1.54, 1.807) is 30.3 Å². The van der Waals surface area contributed by atoms with Crippen LogP contribution in [-0.2, 0) is 9.84 Å². The lowest BCUT2D eigenvalue weighted by Crippen LogP contribution is -2.40. The van der Waals surface area contributed by atoms with Crippen molar-refractivity contribution in [3.8, 4) is 0 Å². The van der Waals surface area contributed by atoms with E-state index in [1.165, 1.54) is 0 Å². The fourth-order valence-corrected chi connectivity index (χ4v) is 3.92. The fourth-order valence-electron chi connectivity index (χ4n) is 2.74.